The molecule has 86 valence electrons. The molecule has 0 aliphatic carbocycles. The first kappa shape index (κ1) is 12.9. The lowest BCUT2D eigenvalue weighted by atomic mass is 10.1. The second-order valence-electron chi connectivity index (χ2n) is 3.78. The van der Waals surface area contributed by atoms with Crippen molar-refractivity contribution in [2.24, 2.45) is 4.99 Å². The lowest BCUT2D eigenvalue weighted by Gasteiger charge is -1.99. The van der Waals surface area contributed by atoms with Crippen LogP contribution in [0.25, 0.3) is 5.70 Å². The minimum Gasteiger partial charge on any atom is -0.257 e. The zero-order valence-electron chi connectivity index (χ0n) is 10.3. The van der Waals surface area contributed by atoms with Crippen LogP contribution in [0.15, 0.2) is 47.5 Å². The highest BCUT2D eigenvalue weighted by Gasteiger charge is 1.97. The minimum absolute atomic E-state index is 0.624. The summed E-state index contributed by atoms with van der Waals surface area (Å²) >= 11 is 0. The number of aliphatic imine (C=N–C) groups is 1. The number of hydrogen-bond donors (Lipinski definition) is 0. The third kappa shape index (κ3) is 4.08. The van der Waals surface area contributed by atoms with Gasteiger partial charge in [-0.2, -0.15) is 5.26 Å². The van der Waals surface area contributed by atoms with Crippen molar-refractivity contribution in [2.45, 2.75) is 20.3 Å². The molecule has 17 heavy (non-hydrogen) atoms. The molecule has 0 spiro atoms. The van der Waals surface area contributed by atoms with Crippen LogP contribution in [-0.2, 0) is 0 Å². The van der Waals surface area contributed by atoms with Gasteiger partial charge >= 0.3 is 0 Å². The third-order valence-electron chi connectivity index (χ3n) is 2.47. The molecule has 0 bridgehead atoms. The molecule has 0 amide bonds. The SMILES string of the molecule is C=C(N=C/C=C(\C)CC)c1cccc(C#N)c1. The fraction of sp³-hybridized carbons (Fsp3) is 0.200. The maximum absolute atomic E-state index is 8.80. The van der Waals surface area contributed by atoms with Gasteiger partial charge in [0.25, 0.3) is 0 Å². The van der Waals surface area contributed by atoms with Gasteiger partial charge in [-0.15, -0.1) is 0 Å². The first-order chi connectivity index (χ1) is 8.17. The van der Waals surface area contributed by atoms with Crippen molar-refractivity contribution in [3.8, 4) is 6.07 Å². The van der Waals surface area contributed by atoms with Gasteiger partial charge in [-0.25, -0.2) is 0 Å². The van der Waals surface area contributed by atoms with E-state index in [4.69, 9.17) is 5.26 Å². The van der Waals surface area contributed by atoms with Crippen molar-refractivity contribution >= 4 is 11.9 Å². The number of benzene rings is 1. The third-order valence-corrected chi connectivity index (χ3v) is 2.47. The first-order valence-electron chi connectivity index (χ1n) is 5.56. The molecule has 0 saturated heterocycles. The van der Waals surface area contributed by atoms with E-state index >= 15 is 0 Å². The Hall–Kier alpha value is -2.14. The van der Waals surface area contributed by atoms with Crippen molar-refractivity contribution in [1.82, 2.24) is 0 Å². The number of hydrogen-bond acceptors (Lipinski definition) is 2. The number of nitrogens with zero attached hydrogens (tertiary/aromatic N) is 2. The Bertz CT molecular complexity index is 502. The van der Waals surface area contributed by atoms with Crippen LogP contribution in [0.1, 0.15) is 31.4 Å². The zero-order valence-corrected chi connectivity index (χ0v) is 10.3. The summed E-state index contributed by atoms with van der Waals surface area (Å²) in [6.07, 6.45) is 4.74. The van der Waals surface area contributed by atoms with Crippen LogP contribution < -0.4 is 0 Å². The van der Waals surface area contributed by atoms with Crippen molar-refractivity contribution < 1.29 is 0 Å². The Morgan fingerprint density at radius 3 is 2.94 bits per heavy atom. The van der Waals surface area contributed by atoms with Crippen LogP contribution in [0.4, 0.5) is 0 Å². The molecule has 1 aromatic rings. The van der Waals surface area contributed by atoms with Gasteiger partial charge < -0.3 is 0 Å². The number of allylic oxidation sites excluding steroid dienone is 2. The molecule has 1 rings (SSSR count). The molecule has 0 unspecified atom stereocenters. The van der Waals surface area contributed by atoms with E-state index in [1.807, 2.05) is 18.2 Å². The van der Waals surface area contributed by atoms with Crippen LogP contribution in [0.5, 0.6) is 0 Å². The topological polar surface area (TPSA) is 36.1 Å². The summed E-state index contributed by atoms with van der Waals surface area (Å²) in [6.45, 7) is 8.05. The van der Waals surface area contributed by atoms with Gasteiger partial charge in [0, 0.05) is 11.8 Å². The van der Waals surface area contributed by atoms with E-state index < -0.39 is 0 Å². The van der Waals surface area contributed by atoms with E-state index in [1.165, 1.54) is 5.57 Å². The average molecular weight is 224 g/mol. The Morgan fingerprint density at radius 2 is 2.29 bits per heavy atom. The van der Waals surface area contributed by atoms with Crippen molar-refractivity contribution in [2.75, 3.05) is 0 Å². The standard InChI is InChI=1S/C15H16N2/c1-4-12(2)8-9-17-13(3)15-7-5-6-14(10-15)11-16/h5-10H,3-4H2,1-2H3/b12-8+,17-9?. The van der Waals surface area contributed by atoms with Crippen LogP contribution in [0, 0.1) is 11.3 Å². The number of nitriles is 1. The molecule has 2 heteroatoms. The van der Waals surface area contributed by atoms with Crippen molar-refractivity contribution in [3.05, 3.63) is 53.6 Å². The maximum atomic E-state index is 8.80. The molecule has 0 heterocycles. The van der Waals surface area contributed by atoms with Gasteiger partial charge in [0.2, 0.25) is 0 Å². The van der Waals surface area contributed by atoms with Gasteiger partial charge in [-0.1, -0.05) is 31.2 Å². The Kier molecular flexibility index (Phi) is 4.90. The molecular weight excluding hydrogens is 208 g/mol. The number of rotatable bonds is 4. The van der Waals surface area contributed by atoms with Crippen LogP contribution in [0.3, 0.4) is 0 Å². The Balaban J connectivity index is 2.80. The second-order valence-corrected chi connectivity index (χ2v) is 3.78. The van der Waals surface area contributed by atoms with Gasteiger partial charge in [0.05, 0.1) is 17.3 Å². The first-order valence-corrected chi connectivity index (χ1v) is 5.56. The van der Waals surface area contributed by atoms with Gasteiger partial charge in [0.1, 0.15) is 0 Å². The Morgan fingerprint density at radius 1 is 1.53 bits per heavy atom. The molecule has 2 nitrogen and oxygen atoms in total. The molecule has 0 radical (unpaired) electrons. The second kappa shape index (κ2) is 6.44. The van der Waals surface area contributed by atoms with E-state index in [0.717, 1.165) is 12.0 Å². The van der Waals surface area contributed by atoms with Gasteiger partial charge in [-0.05, 0) is 31.6 Å². The minimum atomic E-state index is 0.624. The lowest BCUT2D eigenvalue weighted by Crippen LogP contribution is -1.82. The summed E-state index contributed by atoms with van der Waals surface area (Å²) in [6, 6.07) is 9.39. The van der Waals surface area contributed by atoms with E-state index in [0.29, 0.717) is 11.3 Å². The summed E-state index contributed by atoms with van der Waals surface area (Å²) < 4.78 is 0. The molecular formula is C15H16N2. The smallest absolute Gasteiger partial charge is 0.0991 e. The molecule has 0 N–H and O–H groups in total. The largest absolute Gasteiger partial charge is 0.257 e. The van der Waals surface area contributed by atoms with Gasteiger partial charge in [0.15, 0.2) is 0 Å². The molecule has 0 aliphatic rings. The van der Waals surface area contributed by atoms with E-state index in [1.54, 1.807) is 18.3 Å². The normalized spacial score (nSPS) is 11.5. The molecule has 0 fully saturated rings. The highest BCUT2D eigenvalue weighted by molar-refractivity contribution is 5.80. The molecule has 0 aliphatic heterocycles. The van der Waals surface area contributed by atoms with Gasteiger partial charge in [-0.3, -0.25) is 4.99 Å². The summed E-state index contributed by atoms with van der Waals surface area (Å²) in [5.74, 6) is 0. The summed E-state index contributed by atoms with van der Waals surface area (Å²) in [5, 5.41) is 8.80. The van der Waals surface area contributed by atoms with E-state index in [2.05, 4.69) is 31.5 Å². The zero-order chi connectivity index (χ0) is 12.7. The average Bonchev–Trinajstić information content (AvgIpc) is 2.38. The summed E-state index contributed by atoms with van der Waals surface area (Å²) in [4.78, 5) is 4.25. The van der Waals surface area contributed by atoms with Crippen LogP contribution in [-0.4, -0.2) is 6.21 Å². The molecule has 0 atom stereocenters. The highest BCUT2D eigenvalue weighted by Crippen LogP contribution is 2.14. The summed E-state index contributed by atoms with van der Waals surface area (Å²) in [5.41, 5.74) is 3.44. The maximum Gasteiger partial charge on any atom is 0.0991 e. The van der Waals surface area contributed by atoms with Crippen molar-refractivity contribution in [3.63, 3.8) is 0 Å². The fourth-order valence-corrected chi connectivity index (χ4v) is 1.22. The van der Waals surface area contributed by atoms with E-state index in [-0.39, 0.29) is 0 Å². The molecule has 0 saturated carbocycles. The predicted molar refractivity (Wildman–Crippen MR) is 72.7 cm³/mol. The quantitative estimate of drug-likeness (QED) is 0.713. The molecule has 0 aromatic heterocycles. The monoisotopic (exact) mass is 224 g/mol. The van der Waals surface area contributed by atoms with E-state index in [9.17, 15) is 0 Å². The van der Waals surface area contributed by atoms with Crippen LogP contribution >= 0.6 is 0 Å². The Labute approximate surface area is 103 Å². The van der Waals surface area contributed by atoms with Crippen molar-refractivity contribution in [1.29, 1.82) is 5.26 Å². The van der Waals surface area contributed by atoms with Crippen LogP contribution in [0.2, 0.25) is 0 Å². The lowest BCUT2D eigenvalue weighted by molar-refractivity contribution is 1.10. The molecule has 1 aromatic carbocycles. The summed E-state index contributed by atoms with van der Waals surface area (Å²) in [7, 11) is 0. The predicted octanol–water partition coefficient (Wildman–Crippen LogP) is 3.96. The fourth-order valence-electron chi connectivity index (χ4n) is 1.22. The highest BCUT2D eigenvalue weighted by atomic mass is 14.7.